The van der Waals surface area contributed by atoms with Crippen LogP contribution >= 0.6 is 0 Å². The van der Waals surface area contributed by atoms with E-state index in [2.05, 4.69) is 0 Å². The summed E-state index contributed by atoms with van der Waals surface area (Å²) < 4.78 is 101. The van der Waals surface area contributed by atoms with Crippen LogP contribution in [0.3, 0.4) is 0 Å². The van der Waals surface area contributed by atoms with Gasteiger partial charge in [-0.1, -0.05) is 6.07 Å². The number of rotatable bonds is 4. The zero-order valence-electron chi connectivity index (χ0n) is 10.8. The lowest BCUT2D eigenvalue weighted by atomic mass is 10.1. The Morgan fingerprint density at radius 2 is 1.71 bits per heavy atom. The summed E-state index contributed by atoms with van der Waals surface area (Å²) in [5, 5.41) is 0. The van der Waals surface area contributed by atoms with E-state index in [-0.39, 0.29) is 5.56 Å². The zero-order valence-corrected chi connectivity index (χ0v) is 11.6. The Morgan fingerprint density at radius 3 is 2.14 bits per heavy atom. The minimum atomic E-state index is -4.92. The van der Waals surface area contributed by atoms with Gasteiger partial charge in [-0.05, 0) is 25.5 Å². The molecule has 10 heteroatoms. The molecule has 0 spiro atoms. The normalized spacial score (nSPS) is 14.5. The van der Waals surface area contributed by atoms with Gasteiger partial charge in [0.25, 0.3) is 6.43 Å². The smallest absolute Gasteiger partial charge is 0.207 e. The third kappa shape index (κ3) is 3.88. The first-order chi connectivity index (χ1) is 9.38. The Balaban J connectivity index is 3.31. The molecule has 1 N–H and O–H groups in total. The molecule has 1 atom stereocenters. The third-order valence-corrected chi connectivity index (χ3v) is 4.25. The molecule has 0 fully saturated rings. The Labute approximate surface area is 117 Å². The fourth-order valence-electron chi connectivity index (χ4n) is 1.51. The van der Waals surface area contributed by atoms with E-state index in [1.165, 1.54) is 4.72 Å². The number of benzene rings is 1. The topological polar surface area (TPSA) is 46.2 Å². The Bertz CT molecular complexity index is 626. The van der Waals surface area contributed by atoms with Crippen molar-refractivity contribution in [2.24, 2.45) is 0 Å². The monoisotopic (exact) mass is 335 g/mol. The average molecular weight is 335 g/mol. The molecule has 1 rings (SSSR count). The fourth-order valence-corrected chi connectivity index (χ4v) is 2.83. The maximum absolute atomic E-state index is 13.8. The molecule has 0 aliphatic carbocycles. The van der Waals surface area contributed by atoms with E-state index in [0.29, 0.717) is 13.0 Å². The summed E-state index contributed by atoms with van der Waals surface area (Å²) in [5.41, 5.74) is -1.36. The van der Waals surface area contributed by atoms with Crippen LogP contribution < -0.4 is 4.72 Å². The standard InChI is InChI=1S/C11H11F6NO2S/c1-5-3-4-7(9(12)8(5)10(13)14)21(19,20)18-6(2)11(15,16)17/h3-4,6,10,18H,1-2H3/t6-/m0/s1. The lowest BCUT2D eigenvalue weighted by Crippen LogP contribution is -2.43. The van der Waals surface area contributed by atoms with Crippen molar-refractivity contribution >= 4 is 10.0 Å². The molecule has 1 aromatic rings. The van der Waals surface area contributed by atoms with E-state index < -0.39 is 44.9 Å². The van der Waals surface area contributed by atoms with Crippen molar-refractivity contribution in [3.05, 3.63) is 29.1 Å². The van der Waals surface area contributed by atoms with Crippen molar-refractivity contribution < 1.29 is 34.8 Å². The van der Waals surface area contributed by atoms with Gasteiger partial charge in [-0.3, -0.25) is 0 Å². The maximum atomic E-state index is 13.8. The van der Waals surface area contributed by atoms with E-state index in [0.717, 1.165) is 13.0 Å². The Hall–Kier alpha value is -1.29. The van der Waals surface area contributed by atoms with E-state index in [1.807, 2.05) is 0 Å². The molecular formula is C11H11F6NO2S. The second-order valence-electron chi connectivity index (χ2n) is 4.29. The van der Waals surface area contributed by atoms with E-state index in [4.69, 9.17) is 0 Å². The second kappa shape index (κ2) is 5.84. The van der Waals surface area contributed by atoms with Crippen molar-refractivity contribution in [2.75, 3.05) is 0 Å². The summed E-state index contributed by atoms with van der Waals surface area (Å²) in [5.74, 6) is -1.76. The van der Waals surface area contributed by atoms with Crippen LogP contribution in [0.4, 0.5) is 26.3 Å². The quantitative estimate of drug-likeness (QED) is 0.858. The number of hydrogen-bond donors (Lipinski definition) is 1. The van der Waals surface area contributed by atoms with Gasteiger partial charge in [0, 0.05) is 0 Å². The summed E-state index contributed by atoms with van der Waals surface area (Å²) in [6.07, 6.45) is -8.18. The van der Waals surface area contributed by atoms with Gasteiger partial charge in [0.15, 0.2) is 5.82 Å². The first-order valence-corrected chi connectivity index (χ1v) is 7.02. The minimum absolute atomic E-state index is 0.203. The van der Waals surface area contributed by atoms with Crippen LogP contribution in [0.5, 0.6) is 0 Å². The number of halogens is 6. The molecule has 0 saturated heterocycles. The van der Waals surface area contributed by atoms with Crippen LogP contribution in [0, 0.1) is 12.7 Å². The van der Waals surface area contributed by atoms with Crippen LogP contribution in [0.1, 0.15) is 24.5 Å². The Morgan fingerprint density at radius 1 is 1.19 bits per heavy atom. The van der Waals surface area contributed by atoms with E-state index in [1.54, 1.807) is 0 Å². The van der Waals surface area contributed by atoms with Crippen LogP contribution in [-0.2, 0) is 10.0 Å². The number of aryl methyl sites for hydroxylation is 1. The van der Waals surface area contributed by atoms with Gasteiger partial charge in [-0.15, -0.1) is 0 Å². The highest BCUT2D eigenvalue weighted by Crippen LogP contribution is 2.30. The molecule has 0 radical (unpaired) electrons. The zero-order chi connectivity index (χ0) is 16.6. The van der Waals surface area contributed by atoms with Crippen LogP contribution in [0.25, 0.3) is 0 Å². The molecule has 0 amide bonds. The predicted octanol–water partition coefficient (Wildman–Crippen LogP) is 3.30. The van der Waals surface area contributed by atoms with E-state index in [9.17, 15) is 34.8 Å². The summed E-state index contributed by atoms with van der Waals surface area (Å²) in [6.45, 7) is 1.64. The van der Waals surface area contributed by atoms with Gasteiger partial charge in [0.2, 0.25) is 10.0 Å². The molecule has 120 valence electrons. The molecule has 21 heavy (non-hydrogen) atoms. The minimum Gasteiger partial charge on any atom is -0.207 e. The average Bonchev–Trinajstić information content (AvgIpc) is 2.25. The summed E-state index contributed by atoms with van der Waals surface area (Å²) in [4.78, 5) is -1.25. The summed E-state index contributed by atoms with van der Waals surface area (Å²) >= 11 is 0. The molecule has 0 saturated carbocycles. The molecule has 0 bridgehead atoms. The number of sulfonamides is 1. The van der Waals surface area contributed by atoms with Gasteiger partial charge < -0.3 is 0 Å². The molecular weight excluding hydrogens is 324 g/mol. The molecule has 0 aliphatic heterocycles. The lowest BCUT2D eigenvalue weighted by Gasteiger charge is -2.18. The molecule has 1 aromatic carbocycles. The number of hydrogen-bond acceptors (Lipinski definition) is 2. The third-order valence-electron chi connectivity index (χ3n) is 2.69. The van der Waals surface area contributed by atoms with Crippen molar-refractivity contribution in [2.45, 2.75) is 37.4 Å². The van der Waals surface area contributed by atoms with Crippen molar-refractivity contribution in [3.63, 3.8) is 0 Å². The lowest BCUT2D eigenvalue weighted by molar-refractivity contribution is -0.147. The van der Waals surface area contributed by atoms with Gasteiger partial charge >= 0.3 is 6.18 Å². The van der Waals surface area contributed by atoms with Crippen LogP contribution in [0.2, 0.25) is 0 Å². The molecule has 0 aromatic heterocycles. The largest absolute Gasteiger partial charge is 0.404 e. The van der Waals surface area contributed by atoms with Gasteiger partial charge in [-0.2, -0.15) is 17.9 Å². The highest BCUT2D eigenvalue weighted by Gasteiger charge is 2.39. The van der Waals surface area contributed by atoms with Gasteiger partial charge in [0.05, 0.1) is 5.56 Å². The van der Waals surface area contributed by atoms with E-state index >= 15 is 0 Å². The van der Waals surface area contributed by atoms with Crippen molar-refractivity contribution in [1.29, 1.82) is 0 Å². The number of nitrogens with one attached hydrogen (secondary N) is 1. The summed E-state index contributed by atoms with van der Waals surface area (Å²) in [7, 11) is -4.92. The van der Waals surface area contributed by atoms with Gasteiger partial charge in [-0.25, -0.2) is 21.6 Å². The fraction of sp³-hybridized carbons (Fsp3) is 0.455. The van der Waals surface area contributed by atoms with Crippen molar-refractivity contribution in [3.8, 4) is 0 Å². The maximum Gasteiger partial charge on any atom is 0.404 e. The molecule has 0 heterocycles. The van der Waals surface area contributed by atoms with Crippen LogP contribution in [-0.4, -0.2) is 20.6 Å². The predicted molar refractivity (Wildman–Crippen MR) is 61.9 cm³/mol. The highest BCUT2D eigenvalue weighted by atomic mass is 32.2. The Kier molecular flexibility index (Phi) is 4.94. The highest BCUT2D eigenvalue weighted by molar-refractivity contribution is 7.89. The number of alkyl halides is 5. The van der Waals surface area contributed by atoms with Crippen molar-refractivity contribution in [1.82, 2.24) is 4.72 Å². The van der Waals surface area contributed by atoms with Gasteiger partial charge in [0.1, 0.15) is 10.9 Å². The van der Waals surface area contributed by atoms with Crippen LogP contribution in [0.15, 0.2) is 17.0 Å². The second-order valence-corrected chi connectivity index (χ2v) is 5.98. The summed E-state index contributed by atoms with van der Waals surface area (Å²) in [6, 6.07) is -0.947. The molecule has 0 unspecified atom stereocenters. The SMILES string of the molecule is Cc1ccc(S(=O)(=O)N[C@@H](C)C(F)(F)F)c(F)c1C(F)F. The molecule has 3 nitrogen and oxygen atoms in total. The molecule has 0 aliphatic rings. The first-order valence-electron chi connectivity index (χ1n) is 5.54. The first kappa shape index (κ1) is 17.8.